The molecule has 0 aliphatic carbocycles. The van der Waals surface area contributed by atoms with Crippen LogP contribution in [-0.2, 0) is 0 Å². The molecular weight excluding hydrogens is 274 g/mol. The molecule has 0 aliphatic heterocycles. The second kappa shape index (κ2) is 5.52. The summed E-state index contributed by atoms with van der Waals surface area (Å²) in [6.45, 7) is 0. The zero-order chi connectivity index (χ0) is 14.0. The minimum Gasteiger partial charge on any atom is -0.390 e. The minimum atomic E-state index is -1.23. The van der Waals surface area contributed by atoms with Crippen molar-refractivity contribution in [3.05, 3.63) is 34.0 Å². The molecule has 0 fully saturated rings. The van der Waals surface area contributed by atoms with Crippen molar-refractivity contribution in [1.82, 2.24) is 10.2 Å². The lowest BCUT2D eigenvalue weighted by atomic mass is 10.0. The van der Waals surface area contributed by atoms with E-state index in [4.69, 9.17) is 11.6 Å². The first-order chi connectivity index (χ1) is 9.04. The predicted octanol–water partition coefficient (Wildman–Crippen LogP) is 1.49. The van der Waals surface area contributed by atoms with E-state index in [1.807, 2.05) is 0 Å². The van der Waals surface area contributed by atoms with Gasteiger partial charge in [0.2, 0.25) is 0 Å². The first-order valence-corrected chi connectivity index (χ1v) is 6.11. The molecule has 0 radical (unpaired) electrons. The minimum absolute atomic E-state index is 0.168. The molecule has 2 aromatic rings. The lowest BCUT2D eigenvalue weighted by Crippen LogP contribution is -2.18. The Bertz CT molecular complexity index is 601. The molecule has 7 nitrogen and oxygen atoms in total. The van der Waals surface area contributed by atoms with E-state index in [9.17, 15) is 20.3 Å². The van der Waals surface area contributed by atoms with Crippen LogP contribution in [0.25, 0.3) is 10.9 Å². The van der Waals surface area contributed by atoms with Crippen LogP contribution in [0, 0.1) is 10.1 Å². The molecule has 1 aromatic carbocycles. The van der Waals surface area contributed by atoms with Crippen molar-refractivity contribution >= 4 is 28.2 Å². The van der Waals surface area contributed by atoms with Gasteiger partial charge >= 0.3 is 0 Å². The van der Waals surface area contributed by atoms with Crippen molar-refractivity contribution in [2.24, 2.45) is 0 Å². The number of hydrogen-bond acceptors (Lipinski definition) is 5. The van der Waals surface area contributed by atoms with Crippen molar-refractivity contribution < 1.29 is 15.1 Å². The number of benzene rings is 1. The summed E-state index contributed by atoms with van der Waals surface area (Å²) in [5, 5.41) is 37.3. The molecule has 2 unspecified atom stereocenters. The van der Waals surface area contributed by atoms with Crippen molar-refractivity contribution in [3.63, 3.8) is 0 Å². The van der Waals surface area contributed by atoms with Crippen LogP contribution >= 0.6 is 11.6 Å². The van der Waals surface area contributed by atoms with Crippen LogP contribution in [0.5, 0.6) is 0 Å². The molecule has 0 spiro atoms. The molecule has 0 bridgehead atoms. The molecule has 8 heteroatoms. The van der Waals surface area contributed by atoms with Gasteiger partial charge in [-0.05, 0) is 18.1 Å². The second-order valence-corrected chi connectivity index (χ2v) is 4.50. The smallest absolute Gasteiger partial charge is 0.280 e. The highest BCUT2D eigenvalue weighted by Crippen LogP contribution is 2.30. The van der Waals surface area contributed by atoms with Crippen LogP contribution in [0.15, 0.2) is 18.3 Å². The second-order valence-electron chi connectivity index (χ2n) is 4.12. The van der Waals surface area contributed by atoms with E-state index in [0.717, 1.165) is 0 Å². The lowest BCUT2D eigenvalue weighted by molar-refractivity contribution is -0.383. The van der Waals surface area contributed by atoms with E-state index in [0.29, 0.717) is 10.9 Å². The van der Waals surface area contributed by atoms with Crippen molar-refractivity contribution in [3.8, 4) is 0 Å². The fraction of sp³-hybridized carbons (Fsp3) is 0.364. The van der Waals surface area contributed by atoms with Gasteiger partial charge in [0.1, 0.15) is 6.10 Å². The molecule has 19 heavy (non-hydrogen) atoms. The number of hydrogen-bond donors (Lipinski definition) is 3. The largest absolute Gasteiger partial charge is 0.390 e. The molecule has 2 atom stereocenters. The van der Waals surface area contributed by atoms with E-state index in [-0.39, 0.29) is 23.6 Å². The Hall–Kier alpha value is -1.70. The van der Waals surface area contributed by atoms with Crippen LogP contribution in [0.3, 0.4) is 0 Å². The third kappa shape index (κ3) is 2.67. The predicted molar refractivity (Wildman–Crippen MR) is 69.1 cm³/mol. The van der Waals surface area contributed by atoms with E-state index in [2.05, 4.69) is 10.2 Å². The summed E-state index contributed by atoms with van der Waals surface area (Å²) in [5.41, 5.74) is 0.515. The number of rotatable bonds is 5. The zero-order valence-corrected chi connectivity index (χ0v) is 10.5. The Morgan fingerprint density at radius 2 is 2.21 bits per heavy atom. The van der Waals surface area contributed by atoms with Gasteiger partial charge in [-0.25, -0.2) is 0 Å². The van der Waals surface area contributed by atoms with Crippen LogP contribution in [-0.4, -0.2) is 37.3 Å². The van der Waals surface area contributed by atoms with Gasteiger partial charge in [0.25, 0.3) is 5.69 Å². The van der Waals surface area contributed by atoms with Crippen LogP contribution in [0.1, 0.15) is 18.1 Å². The molecule has 1 heterocycles. The first-order valence-electron chi connectivity index (χ1n) is 5.58. The molecule has 2 rings (SSSR count). The van der Waals surface area contributed by atoms with Crippen molar-refractivity contribution in [2.45, 2.75) is 18.6 Å². The van der Waals surface area contributed by atoms with Gasteiger partial charge in [-0.1, -0.05) is 0 Å². The monoisotopic (exact) mass is 285 g/mol. The number of non-ortho nitro benzene ring substituents is 1. The third-order valence-electron chi connectivity index (χ3n) is 2.87. The number of nitro groups is 1. The van der Waals surface area contributed by atoms with E-state index >= 15 is 0 Å². The molecule has 1 aromatic heterocycles. The molecule has 102 valence electrons. The fourth-order valence-corrected chi connectivity index (χ4v) is 2.09. The summed E-state index contributed by atoms with van der Waals surface area (Å²) >= 11 is 5.49. The lowest BCUT2D eigenvalue weighted by Gasteiger charge is -2.17. The van der Waals surface area contributed by atoms with Crippen molar-refractivity contribution in [1.29, 1.82) is 0 Å². The number of aliphatic hydroxyl groups excluding tert-OH is 2. The molecule has 0 amide bonds. The average molecular weight is 286 g/mol. The maximum atomic E-state index is 11.0. The first kappa shape index (κ1) is 13.7. The standard InChI is InChI=1S/C11H12ClN3O4/c12-2-1-10(16)11(17)6-3-8-7(5-13-14-8)9(4-6)15(18)19/h3-5,10-11,16-17H,1-2H2,(H,13,14). The molecule has 0 aliphatic rings. The maximum absolute atomic E-state index is 11.0. The Morgan fingerprint density at radius 1 is 1.47 bits per heavy atom. The summed E-state index contributed by atoms with van der Waals surface area (Å²) in [5.74, 6) is 0.187. The summed E-state index contributed by atoms with van der Waals surface area (Å²) in [7, 11) is 0. The fourth-order valence-electron chi connectivity index (χ4n) is 1.87. The summed E-state index contributed by atoms with van der Waals surface area (Å²) < 4.78 is 0. The van der Waals surface area contributed by atoms with Gasteiger partial charge in [0.05, 0.1) is 28.1 Å². The Kier molecular flexibility index (Phi) is 3.98. The van der Waals surface area contributed by atoms with Gasteiger partial charge in [0.15, 0.2) is 0 Å². The molecule has 0 saturated carbocycles. The number of halogens is 1. The topological polar surface area (TPSA) is 112 Å². The number of nitrogens with one attached hydrogen (secondary N) is 1. The number of aromatic nitrogens is 2. The number of alkyl halides is 1. The Labute approximate surface area is 113 Å². The quantitative estimate of drug-likeness (QED) is 0.438. The van der Waals surface area contributed by atoms with Gasteiger partial charge in [-0.3, -0.25) is 15.2 Å². The molecule has 0 saturated heterocycles. The van der Waals surface area contributed by atoms with Gasteiger partial charge in [-0.15, -0.1) is 11.6 Å². The number of H-pyrrole nitrogens is 1. The highest BCUT2D eigenvalue weighted by molar-refractivity contribution is 6.17. The molecular formula is C11H12ClN3O4. The number of nitro benzene ring substituents is 1. The van der Waals surface area contributed by atoms with Gasteiger partial charge in [-0.2, -0.15) is 5.10 Å². The maximum Gasteiger partial charge on any atom is 0.280 e. The van der Waals surface area contributed by atoms with Crippen LogP contribution < -0.4 is 0 Å². The van der Waals surface area contributed by atoms with Crippen LogP contribution in [0.2, 0.25) is 0 Å². The summed E-state index contributed by atoms with van der Waals surface area (Å²) in [6.07, 6.45) is -0.765. The zero-order valence-electron chi connectivity index (χ0n) is 9.78. The summed E-state index contributed by atoms with van der Waals surface area (Å²) in [4.78, 5) is 10.4. The highest BCUT2D eigenvalue weighted by atomic mass is 35.5. The van der Waals surface area contributed by atoms with Gasteiger partial charge in [0, 0.05) is 11.9 Å². The highest BCUT2D eigenvalue weighted by Gasteiger charge is 2.23. The number of nitrogens with zero attached hydrogens (tertiary/aromatic N) is 2. The van der Waals surface area contributed by atoms with Crippen LogP contribution in [0.4, 0.5) is 5.69 Å². The Balaban J connectivity index is 2.46. The number of aromatic amines is 1. The normalized spacial score (nSPS) is 14.5. The average Bonchev–Trinajstić information content (AvgIpc) is 2.84. The summed E-state index contributed by atoms with van der Waals surface area (Å²) in [6, 6.07) is 2.76. The van der Waals surface area contributed by atoms with E-state index < -0.39 is 17.1 Å². The van der Waals surface area contributed by atoms with E-state index in [1.165, 1.54) is 18.3 Å². The van der Waals surface area contributed by atoms with E-state index in [1.54, 1.807) is 0 Å². The Morgan fingerprint density at radius 3 is 2.84 bits per heavy atom. The third-order valence-corrected chi connectivity index (χ3v) is 3.08. The van der Waals surface area contributed by atoms with Gasteiger partial charge < -0.3 is 10.2 Å². The molecule has 3 N–H and O–H groups in total. The number of aliphatic hydroxyl groups is 2. The van der Waals surface area contributed by atoms with Crippen molar-refractivity contribution in [2.75, 3.05) is 5.88 Å². The SMILES string of the molecule is O=[N+]([O-])c1cc(C(O)C(O)CCCl)cc2[nH]ncc12. The number of fused-ring (bicyclic) bond motifs is 1.